The van der Waals surface area contributed by atoms with Crippen molar-refractivity contribution in [2.24, 2.45) is 5.41 Å². The summed E-state index contributed by atoms with van der Waals surface area (Å²) in [4.78, 5) is 37.6. The van der Waals surface area contributed by atoms with Gasteiger partial charge in [0, 0.05) is 11.6 Å². The monoisotopic (exact) mass is 486 g/mol. The van der Waals surface area contributed by atoms with Crippen molar-refractivity contribution < 1.29 is 28.6 Å². The molecule has 192 valence electrons. The Hall–Kier alpha value is -3.29. The van der Waals surface area contributed by atoms with Crippen molar-refractivity contribution in [2.45, 2.75) is 79.1 Å². The van der Waals surface area contributed by atoms with Crippen LogP contribution in [0.3, 0.4) is 0 Å². The lowest BCUT2D eigenvalue weighted by atomic mass is 9.91. The van der Waals surface area contributed by atoms with E-state index in [1.54, 1.807) is 53.0 Å². The van der Waals surface area contributed by atoms with E-state index >= 15 is 0 Å². The molecule has 0 saturated carbocycles. The Bertz CT molecular complexity index is 1100. The molecule has 2 aromatic rings. The van der Waals surface area contributed by atoms with E-state index in [1.807, 2.05) is 45.0 Å². The Morgan fingerprint density at radius 2 is 1.57 bits per heavy atom. The van der Waals surface area contributed by atoms with Crippen LogP contribution < -0.4 is 5.32 Å². The summed E-state index contributed by atoms with van der Waals surface area (Å²) >= 11 is 0. The molecule has 0 saturated heterocycles. The average Bonchev–Trinajstić information content (AvgIpc) is 3.07. The summed E-state index contributed by atoms with van der Waals surface area (Å²) in [6.45, 7) is 14.2. The average molecular weight is 487 g/mol. The molecule has 8 heteroatoms. The van der Waals surface area contributed by atoms with Gasteiger partial charge in [0.05, 0.1) is 24.1 Å². The highest BCUT2D eigenvalue weighted by molar-refractivity contribution is 5.92. The molecule has 0 radical (unpaired) electrons. The summed E-state index contributed by atoms with van der Waals surface area (Å²) in [6.07, 6.45) is 4.46. The number of nitrogens with zero attached hydrogens (tertiary/aromatic N) is 1. The number of hydrogen-bond donors (Lipinski definition) is 1. The molecule has 0 bridgehead atoms. The first-order valence-electron chi connectivity index (χ1n) is 11.6. The third-order valence-corrected chi connectivity index (χ3v) is 4.98. The van der Waals surface area contributed by atoms with Gasteiger partial charge in [-0.3, -0.25) is 9.36 Å². The second-order valence-electron chi connectivity index (χ2n) is 11.1. The lowest BCUT2D eigenvalue weighted by Crippen LogP contribution is -2.39. The molecule has 1 unspecified atom stereocenters. The molecule has 1 aromatic heterocycles. The predicted molar refractivity (Wildman–Crippen MR) is 135 cm³/mol. The van der Waals surface area contributed by atoms with Crippen LogP contribution in [-0.2, 0) is 25.4 Å². The normalized spacial score (nSPS) is 13.5. The number of aromatic nitrogens is 1. The topological polar surface area (TPSA) is 95.9 Å². The van der Waals surface area contributed by atoms with Crippen LogP contribution in [0.2, 0.25) is 0 Å². The maximum Gasteiger partial charge on any atom is 0.419 e. The summed E-state index contributed by atoms with van der Waals surface area (Å²) in [7, 11) is 1.33. The molecule has 1 amide bonds. The minimum absolute atomic E-state index is 0.351. The zero-order valence-corrected chi connectivity index (χ0v) is 22.2. The quantitative estimate of drug-likeness (QED) is 0.324. The first-order valence-corrected chi connectivity index (χ1v) is 11.6. The van der Waals surface area contributed by atoms with Crippen molar-refractivity contribution in [1.29, 1.82) is 0 Å². The molecular weight excluding hydrogens is 448 g/mol. The van der Waals surface area contributed by atoms with Gasteiger partial charge in [0.2, 0.25) is 0 Å². The summed E-state index contributed by atoms with van der Waals surface area (Å²) < 4.78 is 17.4. The van der Waals surface area contributed by atoms with Crippen LogP contribution in [0.1, 0.15) is 61.0 Å². The van der Waals surface area contributed by atoms with Crippen LogP contribution in [0.15, 0.2) is 42.6 Å². The van der Waals surface area contributed by atoms with E-state index in [9.17, 15) is 14.4 Å². The van der Waals surface area contributed by atoms with Crippen LogP contribution >= 0.6 is 0 Å². The number of hydrogen-bond acceptors (Lipinski definition) is 6. The Labute approximate surface area is 207 Å². The first-order chi connectivity index (χ1) is 16.0. The molecule has 2 rings (SSSR count). The van der Waals surface area contributed by atoms with Crippen molar-refractivity contribution in [2.75, 3.05) is 7.11 Å². The number of alkyl carbamates (subject to hydrolysis) is 1. The van der Waals surface area contributed by atoms with Crippen LogP contribution in [0, 0.1) is 5.41 Å². The van der Waals surface area contributed by atoms with E-state index in [0.29, 0.717) is 11.9 Å². The van der Waals surface area contributed by atoms with Crippen molar-refractivity contribution in [3.8, 4) is 0 Å². The highest BCUT2D eigenvalue weighted by atomic mass is 16.6. The number of para-hydroxylation sites is 1. The number of fused-ring (bicyclic) bond motifs is 1. The number of carbonyl (C=O) groups excluding carboxylic acids is 3. The first kappa shape index (κ1) is 28.0. The maximum absolute atomic E-state index is 12.9. The van der Waals surface area contributed by atoms with Gasteiger partial charge in [-0.25, -0.2) is 9.59 Å². The van der Waals surface area contributed by atoms with Crippen LogP contribution in [0.25, 0.3) is 10.9 Å². The molecule has 35 heavy (non-hydrogen) atoms. The fourth-order valence-corrected chi connectivity index (χ4v) is 3.43. The Morgan fingerprint density at radius 1 is 0.971 bits per heavy atom. The van der Waals surface area contributed by atoms with E-state index in [2.05, 4.69) is 5.32 Å². The molecule has 0 aliphatic carbocycles. The van der Waals surface area contributed by atoms with E-state index in [0.717, 1.165) is 10.9 Å². The van der Waals surface area contributed by atoms with Crippen LogP contribution in [0.4, 0.5) is 9.59 Å². The summed E-state index contributed by atoms with van der Waals surface area (Å²) in [5.41, 5.74) is -0.686. The SMILES string of the molecule is COC(=O)C(C)(C)/C=C/C(Cc1cn(C(=O)OC(C)(C)C)c2ccccc12)NC(=O)OC(C)(C)C. The highest BCUT2D eigenvalue weighted by Gasteiger charge is 2.27. The largest absolute Gasteiger partial charge is 0.468 e. The second-order valence-corrected chi connectivity index (χ2v) is 11.1. The number of benzene rings is 1. The smallest absolute Gasteiger partial charge is 0.419 e. The third kappa shape index (κ3) is 8.16. The molecule has 0 spiro atoms. The van der Waals surface area contributed by atoms with Crippen LogP contribution in [-0.4, -0.2) is 47.1 Å². The van der Waals surface area contributed by atoms with E-state index in [1.165, 1.54) is 11.7 Å². The third-order valence-electron chi connectivity index (χ3n) is 4.98. The van der Waals surface area contributed by atoms with Gasteiger partial charge in [-0.05, 0) is 73.4 Å². The fraction of sp³-hybridized carbons (Fsp3) is 0.519. The molecule has 0 aliphatic heterocycles. The number of ether oxygens (including phenoxy) is 3. The lowest BCUT2D eigenvalue weighted by Gasteiger charge is -2.23. The minimum Gasteiger partial charge on any atom is -0.468 e. The summed E-state index contributed by atoms with van der Waals surface area (Å²) in [6, 6.07) is 6.97. The van der Waals surface area contributed by atoms with Gasteiger partial charge in [0.15, 0.2) is 0 Å². The highest BCUT2D eigenvalue weighted by Crippen LogP contribution is 2.25. The number of carbonyl (C=O) groups is 3. The number of nitrogens with one attached hydrogen (secondary N) is 1. The van der Waals surface area contributed by atoms with E-state index in [4.69, 9.17) is 14.2 Å². The van der Waals surface area contributed by atoms with Gasteiger partial charge in [-0.2, -0.15) is 0 Å². The molecule has 1 atom stereocenters. The molecule has 1 aromatic carbocycles. The molecule has 0 fully saturated rings. The summed E-state index contributed by atoms with van der Waals surface area (Å²) in [5.74, 6) is -0.397. The van der Waals surface area contributed by atoms with Crippen molar-refractivity contribution in [1.82, 2.24) is 9.88 Å². The number of esters is 1. The molecular formula is C27H38N2O6. The number of methoxy groups -OCH3 is 1. The van der Waals surface area contributed by atoms with E-state index < -0.39 is 40.8 Å². The van der Waals surface area contributed by atoms with Crippen LogP contribution in [0.5, 0.6) is 0 Å². The molecule has 0 aliphatic rings. The van der Waals surface area contributed by atoms with Gasteiger partial charge in [-0.15, -0.1) is 0 Å². The minimum atomic E-state index is -0.896. The zero-order valence-electron chi connectivity index (χ0n) is 22.2. The number of rotatable bonds is 6. The maximum atomic E-state index is 12.9. The van der Waals surface area contributed by atoms with Crippen molar-refractivity contribution in [3.63, 3.8) is 0 Å². The Morgan fingerprint density at radius 3 is 2.14 bits per heavy atom. The predicted octanol–water partition coefficient (Wildman–Crippen LogP) is 5.62. The second kappa shape index (κ2) is 10.5. The summed E-state index contributed by atoms with van der Waals surface area (Å²) in [5, 5.41) is 3.72. The molecule has 1 heterocycles. The van der Waals surface area contributed by atoms with Gasteiger partial charge in [0.25, 0.3) is 0 Å². The Balaban J connectivity index is 2.44. The van der Waals surface area contributed by atoms with Gasteiger partial charge < -0.3 is 19.5 Å². The van der Waals surface area contributed by atoms with Crippen molar-refractivity contribution in [3.05, 3.63) is 48.2 Å². The van der Waals surface area contributed by atoms with Crippen molar-refractivity contribution >= 4 is 29.1 Å². The molecule has 8 nitrogen and oxygen atoms in total. The fourth-order valence-electron chi connectivity index (χ4n) is 3.43. The van der Waals surface area contributed by atoms with Gasteiger partial charge in [-0.1, -0.05) is 30.4 Å². The zero-order chi connectivity index (χ0) is 26.6. The van der Waals surface area contributed by atoms with Gasteiger partial charge >= 0.3 is 18.2 Å². The molecule has 1 N–H and O–H groups in total. The van der Waals surface area contributed by atoms with Gasteiger partial charge in [0.1, 0.15) is 11.2 Å². The lowest BCUT2D eigenvalue weighted by molar-refractivity contribution is -0.148. The Kier molecular flexibility index (Phi) is 8.42. The standard InChI is InChI=1S/C27H38N2O6/c1-25(2,3)34-23(31)28-19(14-15-27(7,8)22(30)33-9)16-18-17-29(24(32)35-26(4,5)6)21-13-11-10-12-20(18)21/h10-15,17,19H,16H2,1-9H3,(H,28,31)/b15-14+. The number of amides is 1. The van der Waals surface area contributed by atoms with E-state index in [-0.39, 0.29) is 0 Å².